The van der Waals surface area contributed by atoms with Crippen molar-refractivity contribution >= 4 is 58.2 Å². The summed E-state index contributed by atoms with van der Waals surface area (Å²) < 4.78 is 5.74. The average molecular weight is 307 g/mol. The summed E-state index contributed by atoms with van der Waals surface area (Å²) in [6.45, 7) is 5.33. The number of hydrogen-bond donors (Lipinski definition) is 2. The van der Waals surface area contributed by atoms with Crippen molar-refractivity contribution < 1.29 is 4.74 Å². The summed E-state index contributed by atoms with van der Waals surface area (Å²) in [5, 5.41) is 0.451. The maximum Gasteiger partial charge on any atom is 0.141 e. The second-order valence-electron chi connectivity index (χ2n) is 7.43. The molecule has 112 valence electrons. The number of nitrogen functional groups attached to an aromatic ring is 1. The van der Waals surface area contributed by atoms with Gasteiger partial charge in [0.1, 0.15) is 21.4 Å². The van der Waals surface area contributed by atoms with Crippen LogP contribution in [0.15, 0.2) is 6.07 Å². The Hall–Kier alpha value is -0.830. The average Bonchev–Trinajstić information content (AvgIpc) is 2.34. The van der Waals surface area contributed by atoms with Gasteiger partial charge in [-0.15, -0.1) is 0 Å². The first-order valence-corrected chi connectivity index (χ1v) is 7.82. The van der Waals surface area contributed by atoms with E-state index in [1.54, 1.807) is 13.8 Å². The number of piperidine rings is 1. The van der Waals surface area contributed by atoms with E-state index >= 15 is 0 Å². The molecule has 1 aromatic carbocycles. The Balaban J connectivity index is 2.50. The van der Waals surface area contributed by atoms with Gasteiger partial charge in [-0.25, -0.2) is 0 Å². The number of benzene rings is 1. The van der Waals surface area contributed by atoms with Crippen molar-refractivity contribution in [3.8, 4) is 5.75 Å². The van der Waals surface area contributed by atoms with Crippen LogP contribution in [0.1, 0.15) is 43.7 Å². The molecule has 12 radical (unpaired) electrons. The van der Waals surface area contributed by atoms with E-state index in [0.717, 1.165) is 11.1 Å². The second kappa shape index (κ2) is 6.16. The lowest BCUT2D eigenvalue weighted by Crippen LogP contribution is -2.64. The van der Waals surface area contributed by atoms with Gasteiger partial charge in [0.25, 0.3) is 0 Å². The molecule has 1 heterocycles. The molecule has 2 rings (SSSR count). The summed E-state index contributed by atoms with van der Waals surface area (Å²) in [7, 11) is 36.2. The van der Waals surface area contributed by atoms with Crippen LogP contribution in [0.4, 0.5) is 5.69 Å². The Morgan fingerprint density at radius 3 is 2.17 bits per heavy atom. The summed E-state index contributed by atoms with van der Waals surface area (Å²) in [4.78, 5) is 0. The van der Waals surface area contributed by atoms with Crippen LogP contribution in [0.5, 0.6) is 5.75 Å². The molecule has 3 nitrogen and oxygen atoms in total. The molecule has 9 heteroatoms. The minimum absolute atomic E-state index is 0.109. The molecule has 0 bridgehead atoms. The molecule has 1 aliphatic rings. The first kappa shape index (κ1) is 19.5. The lowest BCUT2D eigenvalue weighted by atomic mass is 9.46. The second-order valence-corrected chi connectivity index (χ2v) is 7.43. The lowest BCUT2D eigenvalue weighted by Gasteiger charge is -2.49. The van der Waals surface area contributed by atoms with Crippen molar-refractivity contribution in [1.29, 1.82) is 0 Å². The van der Waals surface area contributed by atoms with Gasteiger partial charge in [-0.05, 0) is 51.2 Å². The molecule has 1 saturated heterocycles. The van der Waals surface area contributed by atoms with Gasteiger partial charge < -0.3 is 15.8 Å². The Morgan fingerprint density at radius 1 is 1.21 bits per heavy atom. The van der Waals surface area contributed by atoms with Gasteiger partial charge >= 0.3 is 0 Å². The number of anilines is 1. The predicted octanol–water partition coefficient (Wildman–Crippen LogP) is -0.897. The van der Waals surface area contributed by atoms with Crippen molar-refractivity contribution in [1.82, 2.24) is 5.32 Å². The summed E-state index contributed by atoms with van der Waals surface area (Å²) >= 11 is 0. The van der Waals surface area contributed by atoms with Crippen molar-refractivity contribution in [2.45, 2.75) is 55.7 Å². The van der Waals surface area contributed by atoms with E-state index in [2.05, 4.69) is 5.32 Å². The molecule has 0 amide bonds. The number of nitrogens with two attached hydrogens (primary N) is 1. The minimum atomic E-state index is -1.19. The van der Waals surface area contributed by atoms with Crippen molar-refractivity contribution in [2.24, 2.45) is 0 Å². The van der Waals surface area contributed by atoms with E-state index in [-0.39, 0.29) is 5.92 Å². The molecule has 0 saturated carbocycles. The van der Waals surface area contributed by atoms with Crippen molar-refractivity contribution in [3.05, 3.63) is 17.2 Å². The summed E-state index contributed by atoms with van der Waals surface area (Å²) in [6.07, 6.45) is 0.859. The van der Waals surface area contributed by atoms with Gasteiger partial charge in [0.15, 0.2) is 0 Å². The van der Waals surface area contributed by atoms with Crippen LogP contribution in [-0.2, 0) is 0 Å². The Bertz CT molecular complexity index is 626. The fraction of sp³-hybridized carbons (Fsp3) is 0.600. The molecule has 3 N–H and O–H groups in total. The van der Waals surface area contributed by atoms with Crippen LogP contribution in [0.25, 0.3) is 0 Å². The Kier molecular flexibility index (Phi) is 5.00. The summed E-state index contributed by atoms with van der Waals surface area (Å²) in [6, 6.07) is 1.82. The molecule has 0 aromatic heterocycles. The van der Waals surface area contributed by atoms with Crippen LogP contribution >= 0.6 is 0 Å². The van der Waals surface area contributed by atoms with E-state index < -0.39 is 16.2 Å². The lowest BCUT2D eigenvalue weighted by molar-refractivity contribution is 0.199. The van der Waals surface area contributed by atoms with Crippen LogP contribution in [-0.4, -0.2) is 63.3 Å². The van der Waals surface area contributed by atoms with E-state index in [4.69, 9.17) is 57.5 Å². The van der Waals surface area contributed by atoms with Gasteiger partial charge in [-0.1, -0.05) is 21.7 Å². The molecular formula is C15H18B6N2O. The Morgan fingerprint density at radius 2 is 1.71 bits per heavy atom. The SMILES string of the molecule is [B]c1c(C)c(C2CC([B])([B])NC([B])([B])C2)cc(OC([B])(C)C)c1N. The summed E-state index contributed by atoms with van der Waals surface area (Å²) in [5.74, 6) is 0.306. The quantitative estimate of drug-likeness (QED) is 0.562. The van der Waals surface area contributed by atoms with Gasteiger partial charge in [0.05, 0.1) is 42.6 Å². The molecule has 24 heavy (non-hydrogen) atoms. The van der Waals surface area contributed by atoms with Crippen LogP contribution in [0.2, 0.25) is 0 Å². The zero-order chi connectivity index (χ0) is 18.5. The van der Waals surface area contributed by atoms with E-state index in [9.17, 15) is 0 Å². The molecular weight excluding hydrogens is 289 g/mol. The third-order valence-electron chi connectivity index (χ3n) is 4.13. The van der Waals surface area contributed by atoms with Crippen LogP contribution in [0.3, 0.4) is 0 Å². The highest BCUT2D eigenvalue weighted by atomic mass is 16.5. The molecule has 1 aliphatic heterocycles. The smallest absolute Gasteiger partial charge is 0.141 e. The zero-order valence-electron chi connectivity index (χ0n) is 14.5. The number of ether oxygens (including phenoxy) is 1. The third-order valence-corrected chi connectivity index (χ3v) is 4.13. The fourth-order valence-electron chi connectivity index (χ4n) is 3.25. The highest BCUT2D eigenvalue weighted by molar-refractivity contribution is 6.44. The fourth-order valence-corrected chi connectivity index (χ4v) is 3.25. The highest BCUT2D eigenvalue weighted by Gasteiger charge is 2.37. The molecule has 1 fully saturated rings. The maximum atomic E-state index is 6.16. The zero-order valence-corrected chi connectivity index (χ0v) is 14.5. The number of nitrogens with one attached hydrogen (secondary N) is 1. The molecule has 0 spiro atoms. The molecule has 0 aliphatic carbocycles. The van der Waals surface area contributed by atoms with Gasteiger partial charge in [0.2, 0.25) is 0 Å². The van der Waals surface area contributed by atoms with E-state index in [1.165, 1.54) is 0 Å². The normalized spacial score (nSPS) is 20.6. The van der Waals surface area contributed by atoms with Crippen molar-refractivity contribution in [2.75, 3.05) is 5.73 Å². The first-order valence-electron chi connectivity index (χ1n) is 7.82. The van der Waals surface area contributed by atoms with Gasteiger partial charge in [-0.3, -0.25) is 0 Å². The van der Waals surface area contributed by atoms with E-state index in [0.29, 0.717) is 29.7 Å². The highest BCUT2D eigenvalue weighted by Crippen LogP contribution is 2.39. The van der Waals surface area contributed by atoms with E-state index in [1.807, 2.05) is 13.0 Å². The van der Waals surface area contributed by atoms with Gasteiger partial charge in [-0.2, -0.15) is 0 Å². The van der Waals surface area contributed by atoms with Crippen LogP contribution < -0.4 is 21.3 Å². The predicted molar refractivity (Wildman–Crippen MR) is 105 cm³/mol. The molecule has 1 aromatic rings. The topological polar surface area (TPSA) is 47.3 Å². The van der Waals surface area contributed by atoms with Gasteiger partial charge in [0, 0.05) is 0 Å². The van der Waals surface area contributed by atoms with Crippen molar-refractivity contribution in [3.63, 3.8) is 0 Å². The standard InChI is InChI=1S/C15H18B6N2O/c1-7-9(8-5-14(18,19)23-15(20,21)6-8)4-10(12(22)11(7)16)24-13(2,3)17/h4,8,23H,5-6,22H2,1-3H3. The van der Waals surface area contributed by atoms with Crippen LogP contribution in [0, 0.1) is 6.92 Å². The summed E-state index contributed by atoms with van der Waals surface area (Å²) in [5.41, 5.74) is 7.68. The number of hydrogen-bond acceptors (Lipinski definition) is 3. The maximum absolute atomic E-state index is 6.16. The first-order chi connectivity index (χ1) is 10.7. The Labute approximate surface area is 153 Å². The minimum Gasteiger partial charge on any atom is -0.496 e. The molecule has 0 unspecified atom stereocenters. The largest absolute Gasteiger partial charge is 0.496 e. The molecule has 0 atom stereocenters. The monoisotopic (exact) mass is 308 g/mol. The third kappa shape index (κ3) is 4.41. The number of rotatable bonds is 3.